The van der Waals surface area contributed by atoms with Crippen molar-refractivity contribution >= 4 is 28.8 Å². The van der Waals surface area contributed by atoms with E-state index in [9.17, 15) is 4.79 Å². The number of methoxy groups -OCH3 is 2. The van der Waals surface area contributed by atoms with Gasteiger partial charge in [0.15, 0.2) is 11.3 Å². The molecule has 8 nitrogen and oxygen atoms in total. The first-order valence-corrected chi connectivity index (χ1v) is 10.3. The summed E-state index contributed by atoms with van der Waals surface area (Å²) in [6.07, 6.45) is 0. The average molecular weight is 452 g/mol. The Morgan fingerprint density at radius 2 is 1.84 bits per heavy atom. The second-order valence-corrected chi connectivity index (χ2v) is 7.73. The van der Waals surface area contributed by atoms with E-state index in [1.165, 1.54) is 0 Å². The molecule has 4 aromatic rings. The van der Waals surface area contributed by atoms with Gasteiger partial charge >= 0.3 is 0 Å². The van der Waals surface area contributed by atoms with Crippen LogP contribution in [0.1, 0.15) is 27.4 Å². The van der Waals surface area contributed by atoms with Crippen molar-refractivity contribution in [1.29, 1.82) is 0 Å². The maximum Gasteiger partial charge on any atom is 0.278 e. The summed E-state index contributed by atoms with van der Waals surface area (Å²) in [7, 11) is 3.15. The van der Waals surface area contributed by atoms with Gasteiger partial charge in [0.05, 0.1) is 36.4 Å². The molecule has 0 radical (unpaired) electrons. The number of nitrogens with zero attached hydrogens (tertiary/aromatic N) is 4. The highest BCUT2D eigenvalue weighted by molar-refractivity contribution is 6.30. The second-order valence-electron chi connectivity index (χ2n) is 7.29. The van der Waals surface area contributed by atoms with E-state index in [4.69, 9.17) is 21.1 Å². The van der Waals surface area contributed by atoms with E-state index in [1.807, 2.05) is 31.2 Å². The summed E-state index contributed by atoms with van der Waals surface area (Å²) in [6, 6.07) is 12.9. The third-order valence-electron chi connectivity index (χ3n) is 5.07. The number of anilines is 1. The van der Waals surface area contributed by atoms with Crippen LogP contribution in [-0.2, 0) is 11.3 Å². The Morgan fingerprint density at radius 1 is 1.09 bits per heavy atom. The molecule has 0 aliphatic carbocycles. The number of carbonyl (C=O) groups excluding carboxylic acids is 1. The Morgan fingerprint density at radius 3 is 2.53 bits per heavy atom. The molecule has 2 heterocycles. The fraction of sp³-hybridized carbons (Fsp3) is 0.217. The highest BCUT2D eigenvalue weighted by atomic mass is 35.5. The minimum atomic E-state index is -0.405. The van der Waals surface area contributed by atoms with E-state index >= 15 is 0 Å². The second kappa shape index (κ2) is 8.94. The summed E-state index contributed by atoms with van der Waals surface area (Å²) in [5.41, 5.74) is 5.14. The number of hydrogen-bond acceptors (Lipinski definition) is 6. The van der Waals surface area contributed by atoms with Gasteiger partial charge in [-0.1, -0.05) is 29.8 Å². The predicted octanol–water partition coefficient (Wildman–Crippen LogP) is 4.47. The molecule has 2 aromatic heterocycles. The van der Waals surface area contributed by atoms with Crippen molar-refractivity contribution in [2.75, 3.05) is 19.5 Å². The van der Waals surface area contributed by atoms with Crippen LogP contribution in [0.25, 0.3) is 16.8 Å². The molecule has 32 heavy (non-hydrogen) atoms. The lowest BCUT2D eigenvalue weighted by Gasteiger charge is -2.11. The fourth-order valence-corrected chi connectivity index (χ4v) is 3.64. The standard InChI is InChI=1S/C23H22ClN5O3/c1-13-5-10-19(32-4)17(11-13)25-23(30)21-14(2)29-22(27-26-21)20(18(28-29)12-31-3)15-6-8-16(24)9-7-15/h5-11H,12H2,1-4H3,(H,25,30). The van der Waals surface area contributed by atoms with Gasteiger partial charge in [-0.15, -0.1) is 10.2 Å². The topological polar surface area (TPSA) is 90.6 Å². The minimum Gasteiger partial charge on any atom is -0.495 e. The molecule has 164 valence electrons. The van der Waals surface area contributed by atoms with E-state index in [0.717, 1.165) is 16.7 Å². The molecule has 0 saturated carbocycles. The van der Waals surface area contributed by atoms with Crippen molar-refractivity contribution in [3.05, 3.63) is 70.1 Å². The number of aromatic nitrogens is 4. The minimum absolute atomic E-state index is 0.162. The number of rotatable bonds is 6. The van der Waals surface area contributed by atoms with Crippen LogP contribution in [0, 0.1) is 13.8 Å². The van der Waals surface area contributed by atoms with Gasteiger partial charge in [0, 0.05) is 12.1 Å². The van der Waals surface area contributed by atoms with Crippen LogP contribution in [0.5, 0.6) is 5.75 Å². The largest absolute Gasteiger partial charge is 0.495 e. The average Bonchev–Trinajstić information content (AvgIpc) is 3.14. The van der Waals surface area contributed by atoms with Crippen LogP contribution in [0.4, 0.5) is 5.69 Å². The number of amides is 1. The number of benzene rings is 2. The number of nitrogens with one attached hydrogen (secondary N) is 1. The molecular formula is C23H22ClN5O3. The number of halogens is 1. The third-order valence-corrected chi connectivity index (χ3v) is 5.32. The molecule has 1 amide bonds. The zero-order chi connectivity index (χ0) is 22.8. The zero-order valence-corrected chi connectivity index (χ0v) is 18.9. The normalized spacial score (nSPS) is 11.0. The van der Waals surface area contributed by atoms with Gasteiger partial charge < -0.3 is 14.8 Å². The molecule has 0 bridgehead atoms. The number of fused-ring (bicyclic) bond motifs is 1. The lowest BCUT2D eigenvalue weighted by Crippen LogP contribution is -2.19. The fourth-order valence-electron chi connectivity index (χ4n) is 3.51. The summed E-state index contributed by atoms with van der Waals surface area (Å²) < 4.78 is 12.3. The van der Waals surface area contributed by atoms with E-state index in [1.54, 1.807) is 43.9 Å². The maximum absolute atomic E-state index is 13.0. The SMILES string of the molecule is COCc1nn2c(C)c(C(=O)Nc3cc(C)ccc3OC)nnc2c1-c1ccc(Cl)cc1. The van der Waals surface area contributed by atoms with Gasteiger partial charge in [-0.05, 0) is 49.2 Å². The lowest BCUT2D eigenvalue weighted by atomic mass is 10.1. The summed E-state index contributed by atoms with van der Waals surface area (Å²) in [6.45, 7) is 3.99. The van der Waals surface area contributed by atoms with Gasteiger partial charge in [0.2, 0.25) is 0 Å². The molecule has 9 heteroatoms. The molecule has 1 N–H and O–H groups in total. The molecule has 0 saturated heterocycles. The highest BCUT2D eigenvalue weighted by Gasteiger charge is 2.22. The predicted molar refractivity (Wildman–Crippen MR) is 122 cm³/mol. The van der Waals surface area contributed by atoms with Crippen molar-refractivity contribution in [1.82, 2.24) is 19.8 Å². The van der Waals surface area contributed by atoms with E-state index in [2.05, 4.69) is 20.6 Å². The lowest BCUT2D eigenvalue weighted by molar-refractivity contribution is 0.101. The number of aryl methyl sites for hydroxylation is 2. The Hall–Kier alpha value is -3.49. The monoisotopic (exact) mass is 451 g/mol. The molecular weight excluding hydrogens is 430 g/mol. The van der Waals surface area contributed by atoms with Gasteiger partial charge in [-0.3, -0.25) is 4.79 Å². The number of carbonyl (C=O) groups is 1. The summed E-state index contributed by atoms with van der Waals surface area (Å²) in [5, 5.41) is 16.7. The van der Waals surface area contributed by atoms with E-state index in [-0.39, 0.29) is 12.3 Å². The molecule has 0 spiro atoms. The summed E-state index contributed by atoms with van der Waals surface area (Å²) in [5.74, 6) is 0.153. The van der Waals surface area contributed by atoms with Gasteiger partial charge in [0.1, 0.15) is 5.75 Å². The van der Waals surface area contributed by atoms with Crippen LogP contribution < -0.4 is 10.1 Å². The van der Waals surface area contributed by atoms with Crippen LogP contribution in [0.3, 0.4) is 0 Å². The zero-order valence-electron chi connectivity index (χ0n) is 18.1. The van der Waals surface area contributed by atoms with Gasteiger partial charge in [-0.2, -0.15) is 5.10 Å². The van der Waals surface area contributed by atoms with Crippen molar-refractivity contribution in [2.24, 2.45) is 0 Å². The molecule has 2 aromatic carbocycles. The molecule has 4 rings (SSSR count). The molecule has 0 fully saturated rings. The first-order valence-electron chi connectivity index (χ1n) is 9.88. The van der Waals surface area contributed by atoms with E-state index < -0.39 is 5.91 Å². The van der Waals surface area contributed by atoms with Gasteiger partial charge in [0.25, 0.3) is 5.91 Å². The smallest absolute Gasteiger partial charge is 0.278 e. The van der Waals surface area contributed by atoms with Gasteiger partial charge in [-0.25, -0.2) is 4.52 Å². The third kappa shape index (κ3) is 4.02. The molecule has 0 aliphatic rings. The Kier molecular flexibility index (Phi) is 6.07. The van der Waals surface area contributed by atoms with E-state index in [0.29, 0.717) is 33.5 Å². The molecule has 0 aliphatic heterocycles. The Labute approximate surface area is 190 Å². The van der Waals surface area contributed by atoms with Crippen LogP contribution in [0.15, 0.2) is 42.5 Å². The van der Waals surface area contributed by atoms with Crippen LogP contribution >= 0.6 is 11.6 Å². The molecule has 0 unspecified atom stereocenters. The number of ether oxygens (including phenoxy) is 2. The molecule has 0 atom stereocenters. The Balaban J connectivity index is 1.78. The van der Waals surface area contributed by atoms with Crippen LogP contribution in [0.2, 0.25) is 5.02 Å². The van der Waals surface area contributed by atoms with Crippen molar-refractivity contribution in [3.63, 3.8) is 0 Å². The van der Waals surface area contributed by atoms with Crippen molar-refractivity contribution in [3.8, 4) is 16.9 Å². The Bertz CT molecular complexity index is 1300. The first-order chi connectivity index (χ1) is 15.4. The van der Waals surface area contributed by atoms with Crippen LogP contribution in [-0.4, -0.2) is 39.9 Å². The highest BCUT2D eigenvalue weighted by Crippen LogP contribution is 2.30. The quantitative estimate of drug-likeness (QED) is 0.465. The summed E-state index contributed by atoms with van der Waals surface area (Å²) >= 11 is 6.04. The van der Waals surface area contributed by atoms with Crippen molar-refractivity contribution < 1.29 is 14.3 Å². The first kappa shape index (κ1) is 21.7. The maximum atomic E-state index is 13.0. The summed E-state index contributed by atoms with van der Waals surface area (Å²) in [4.78, 5) is 13.0. The van der Waals surface area contributed by atoms with Crippen molar-refractivity contribution in [2.45, 2.75) is 20.5 Å². The number of hydrogen-bond donors (Lipinski definition) is 1.